The summed E-state index contributed by atoms with van der Waals surface area (Å²) < 4.78 is 20.5. The summed E-state index contributed by atoms with van der Waals surface area (Å²) in [5.74, 6) is -0.336. The van der Waals surface area contributed by atoms with Crippen LogP contribution in [0.4, 0.5) is 14.9 Å². The average Bonchev–Trinajstić information content (AvgIpc) is 2.81. The number of hydrogen-bond donors (Lipinski definition) is 1. The summed E-state index contributed by atoms with van der Waals surface area (Å²) in [7, 11) is 4.56. The fourth-order valence-corrected chi connectivity index (χ4v) is 4.70. The molecule has 27 heavy (non-hydrogen) atoms. The lowest BCUT2D eigenvalue weighted by molar-refractivity contribution is -0.931. The molecule has 2 heterocycles. The number of halogens is 1. The first kappa shape index (κ1) is 18.0. The van der Waals surface area contributed by atoms with E-state index in [1.807, 2.05) is 30.3 Å². The Hall–Kier alpha value is -2.40. The number of nitrogens with one attached hydrogen (secondary N) is 1. The van der Waals surface area contributed by atoms with Crippen LogP contribution in [0.15, 0.2) is 48.5 Å². The molecule has 4 nitrogen and oxygen atoms in total. The molecule has 2 bridgehead atoms. The predicted octanol–water partition coefficient (Wildman–Crippen LogP) is 4.81. The molecule has 2 fully saturated rings. The van der Waals surface area contributed by atoms with Gasteiger partial charge in [-0.1, -0.05) is 30.3 Å². The number of carbonyl (C=O) groups excluding carboxylic acids is 1. The van der Waals surface area contributed by atoms with Gasteiger partial charge in [0.05, 0.1) is 31.9 Å². The monoisotopic (exact) mass is 369 g/mol. The van der Waals surface area contributed by atoms with Crippen molar-refractivity contribution in [1.82, 2.24) is 0 Å². The van der Waals surface area contributed by atoms with Gasteiger partial charge in [-0.15, -0.1) is 0 Å². The van der Waals surface area contributed by atoms with Gasteiger partial charge in [0.1, 0.15) is 11.9 Å². The minimum atomic E-state index is -0.463. The number of nitrogens with zero attached hydrogens (tertiary/aromatic N) is 1. The summed E-state index contributed by atoms with van der Waals surface area (Å²) in [6.45, 7) is 0. The Morgan fingerprint density at radius 2 is 1.74 bits per heavy atom. The summed E-state index contributed by atoms with van der Waals surface area (Å²) in [4.78, 5) is 12.5. The summed E-state index contributed by atoms with van der Waals surface area (Å²) in [5.41, 5.74) is 2.05. The maximum Gasteiger partial charge on any atom is 0.411 e. The van der Waals surface area contributed by atoms with E-state index in [9.17, 15) is 9.18 Å². The molecule has 1 N–H and O–H groups in total. The van der Waals surface area contributed by atoms with Gasteiger partial charge in [0.25, 0.3) is 0 Å². The molecule has 2 aliphatic heterocycles. The summed E-state index contributed by atoms with van der Waals surface area (Å²) in [5, 5.41) is 2.82. The van der Waals surface area contributed by atoms with Crippen LogP contribution in [0.5, 0.6) is 0 Å². The molecule has 5 heteroatoms. The van der Waals surface area contributed by atoms with Crippen LogP contribution < -0.4 is 5.32 Å². The number of hydrogen-bond acceptors (Lipinski definition) is 2. The molecule has 0 aromatic heterocycles. The second-order valence-corrected chi connectivity index (χ2v) is 8.19. The summed E-state index contributed by atoms with van der Waals surface area (Å²) in [6.07, 6.45) is 3.71. The zero-order valence-corrected chi connectivity index (χ0v) is 15.8. The first-order valence-corrected chi connectivity index (χ1v) is 9.59. The third-order valence-electron chi connectivity index (χ3n) is 6.36. The molecule has 0 radical (unpaired) electrons. The van der Waals surface area contributed by atoms with E-state index in [0.717, 1.165) is 22.9 Å². The van der Waals surface area contributed by atoms with Crippen molar-refractivity contribution in [3.8, 4) is 11.1 Å². The molecule has 1 amide bonds. The predicted molar refractivity (Wildman–Crippen MR) is 104 cm³/mol. The van der Waals surface area contributed by atoms with Crippen LogP contribution in [-0.4, -0.2) is 42.9 Å². The highest BCUT2D eigenvalue weighted by Gasteiger charge is 2.49. The number of quaternary nitrogens is 1. The van der Waals surface area contributed by atoms with Gasteiger partial charge in [-0.05, 0) is 23.8 Å². The van der Waals surface area contributed by atoms with Crippen LogP contribution in [0.2, 0.25) is 0 Å². The molecule has 3 atom stereocenters. The minimum Gasteiger partial charge on any atom is -0.445 e. The average molecular weight is 369 g/mol. The standard InChI is InChI=1S/C22H25FN2O2/c1-25(2)17-9-10-18(25)14-19(13-17)27-22(26)24-21-11-8-16(23)12-20(21)15-6-4-3-5-7-15/h3-8,11-12,17-19H,9-10,13-14H2,1-2H3/p+1/t17-,18+,19?. The number of piperidine rings is 1. The van der Waals surface area contributed by atoms with Crippen molar-refractivity contribution in [3.63, 3.8) is 0 Å². The second kappa shape index (κ2) is 6.97. The van der Waals surface area contributed by atoms with Crippen molar-refractivity contribution in [2.75, 3.05) is 19.4 Å². The molecular formula is C22H26FN2O2+. The van der Waals surface area contributed by atoms with Gasteiger partial charge < -0.3 is 9.22 Å². The number of ether oxygens (including phenoxy) is 1. The van der Waals surface area contributed by atoms with Gasteiger partial charge in [-0.25, -0.2) is 9.18 Å². The number of carbonyl (C=O) groups is 1. The molecule has 2 aromatic rings. The van der Waals surface area contributed by atoms with E-state index in [2.05, 4.69) is 19.4 Å². The van der Waals surface area contributed by atoms with Crippen LogP contribution in [-0.2, 0) is 4.74 Å². The maximum atomic E-state index is 13.8. The molecule has 142 valence electrons. The first-order chi connectivity index (χ1) is 12.9. The topological polar surface area (TPSA) is 38.3 Å². The molecule has 0 saturated carbocycles. The van der Waals surface area contributed by atoms with Gasteiger partial charge in [0.2, 0.25) is 0 Å². The third-order valence-corrected chi connectivity index (χ3v) is 6.36. The van der Waals surface area contributed by atoms with Crippen molar-refractivity contribution in [1.29, 1.82) is 0 Å². The Balaban J connectivity index is 1.47. The Morgan fingerprint density at radius 3 is 2.41 bits per heavy atom. The Kier molecular flexibility index (Phi) is 4.64. The number of benzene rings is 2. The molecule has 2 aliphatic rings. The minimum absolute atomic E-state index is 0.0470. The molecule has 1 unspecified atom stereocenters. The molecule has 2 aromatic carbocycles. The largest absolute Gasteiger partial charge is 0.445 e. The Morgan fingerprint density at radius 1 is 1.07 bits per heavy atom. The lowest BCUT2D eigenvalue weighted by Gasteiger charge is -2.43. The van der Waals surface area contributed by atoms with Crippen molar-refractivity contribution in [2.24, 2.45) is 0 Å². The number of anilines is 1. The number of amides is 1. The zero-order valence-electron chi connectivity index (χ0n) is 15.8. The number of fused-ring (bicyclic) bond motifs is 2. The highest BCUT2D eigenvalue weighted by atomic mass is 19.1. The molecule has 0 aliphatic carbocycles. The quantitative estimate of drug-likeness (QED) is 0.789. The first-order valence-electron chi connectivity index (χ1n) is 9.59. The van der Waals surface area contributed by atoms with E-state index < -0.39 is 6.09 Å². The molecular weight excluding hydrogens is 343 g/mol. The Labute approximate surface area is 159 Å². The van der Waals surface area contributed by atoms with E-state index in [1.165, 1.54) is 25.0 Å². The normalized spacial score (nSPS) is 25.8. The van der Waals surface area contributed by atoms with E-state index in [0.29, 0.717) is 23.3 Å². The fraction of sp³-hybridized carbons (Fsp3) is 0.409. The van der Waals surface area contributed by atoms with Crippen LogP contribution >= 0.6 is 0 Å². The molecule has 0 spiro atoms. The van der Waals surface area contributed by atoms with Crippen LogP contribution in [0.25, 0.3) is 11.1 Å². The van der Waals surface area contributed by atoms with E-state index in [1.54, 1.807) is 6.07 Å². The van der Waals surface area contributed by atoms with E-state index in [4.69, 9.17) is 4.74 Å². The highest BCUT2D eigenvalue weighted by molar-refractivity contribution is 5.91. The second-order valence-electron chi connectivity index (χ2n) is 8.19. The summed E-state index contributed by atoms with van der Waals surface area (Å²) in [6, 6.07) is 15.0. The highest BCUT2D eigenvalue weighted by Crippen LogP contribution is 2.40. The van der Waals surface area contributed by atoms with Crippen LogP contribution in [0.1, 0.15) is 25.7 Å². The van der Waals surface area contributed by atoms with Crippen molar-refractivity contribution >= 4 is 11.8 Å². The van der Waals surface area contributed by atoms with E-state index in [-0.39, 0.29) is 11.9 Å². The van der Waals surface area contributed by atoms with Crippen molar-refractivity contribution < 1.29 is 18.4 Å². The zero-order chi connectivity index (χ0) is 19.0. The van der Waals surface area contributed by atoms with Crippen molar-refractivity contribution in [2.45, 2.75) is 43.9 Å². The van der Waals surface area contributed by atoms with E-state index >= 15 is 0 Å². The van der Waals surface area contributed by atoms with Gasteiger partial charge in [-0.2, -0.15) is 0 Å². The lowest BCUT2D eigenvalue weighted by Crippen LogP contribution is -2.56. The van der Waals surface area contributed by atoms with Gasteiger partial charge in [-0.3, -0.25) is 5.32 Å². The van der Waals surface area contributed by atoms with Gasteiger partial charge in [0.15, 0.2) is 0 Å². The maximum absolute atomic E-state index is 13.8. The van der Waals surface area contributed by atoms with Gasteiger partial charge >= 0.3 is 6.09 Å². The van der Waals surface area contributed by atoms with Crippen molar-refractivity contribution in [3.05, 3.63) is 54.3 Å². The van der Waals surface area contributed by atoms with Crippen LogP contribution in [0.3, 0.4) is 0 Å². The lowest BCUT2D eigenvalue weighted by atomic mass is 9.98. The fourth-order valence-electron chi connectivity index (χ4n) is 4.70. The molecule has 2 saturated heterocycles. The Bertz CT molecular complexity index is 821. The summed E-state index contributed by atoms with van der Waals surface area (Å²) >= 11 is 0. The number of rotatable bonds is 3. The van der Waals surface area contributed by atoms with Crippen LogP contribution in [0, 0.1) is 5.82 Å². The smallest absolute Gasteiger partial charge is 0.411 e. The SMILES string of the molecule is C[N+]1(C)[C@@H]2CC[C@H]1CC(OC(=O)Nc1ccc(F)cc1-c1ccccc1)C2. The van der Waals surface area contributed by atoms with Gasteiger partial charge in [0, 0.05) is 31.2 Å². The molecule has 4 rings (SSSR count). The third kappa shape index (κ3) is 3.56.